The second-order valence-electron chi connectivity index (χ2n) is 4.01. The van der Waals surface area contributed by atoms with Crippen molar-refractivity contribution >= 4 is 30.7 Å². The monoisotopic (exact) mass is 287 g/mol. The van der Waals surface area contributed by atoms with Gasteiger partial charge in [0.05, 0.1) is 6.61 Å². The highest BCUT2D eigenvalue weighted by Gasteiger charge is 2.20. The predicted molar refractivity (Wildman–Crippen MR) is 73.3 cm³/mol. The number of carbonyl (C=O) groups is 1. The van der Waals surface area contributed by atoms with Gasteiger partial charge in [-0.15, -0.1) is 24.8 Å². The molecule has 0 aromatic heterocycles. The van der Waals surface area contributed by atoms with Crippen molar-refractivity contribution in [3.05, 3.63) is 0 Å². The van der Waals surface area contributed by atoms with E-state index in [0.717, 1.165) is 26.1 Å². The van der Waals surface area contributed by atoms with Gasteiger partial charge in [-0.2, -0.15) is 0 Å². The Balaban J connectivity index is 0. The van der Waals surface area contributed by atoms with Gasteiger partial charge >= 0.3 is 0 Å². The van der Waals surface area contributed by atoms with E-state index in [2.05, 4.69) is 15.5 Å². The van der Waals surface area contributed by atoms with Crippen LogP contribution in [0.3, 0.4) is 0 Å². The van der Waals surface area contributed by atoms with Gasteiger partial charge in [0.25, 0.3) is 0 Å². The SMILES string of the molecule is CN(C)CCCNC(=O)C1CNCCO1.Cl.Cl. The summed E-state index contributed by atoms with van der Waals surface area (Å²) in [5, 5.41) is 6.01. The molecular weight excluding hydrogens is 265 g/mol. The molecule has 5 nitrogen and oxygen atoms in total. The Kier molecular flexibility index (Phi) is 12.5. The normalized spacial score (nSPS) is 19.1. The topological polar surface area (TPSA) is 53.6 Å². The number of halogens is 2. The quantitative estimate of drug-likeness (QED) is 0.693. The third kappa shape index (κ3) is 8.63. The second-order valence-corrected chi connectivity index (χ2v) is 4.01. The van der Waals surface area contributed by atoms with Crippen LogP contribution in [0, 0.1) is 0 Å². The standard InChI is InChI=1S/C10H21N3O2.2ClH/c1-13(2)6-3-4-12-10(14)9-8-11-5-7-15-9;;/h9,11H,3-8H2,1-2H3,(H,12,14);2*1H. The van der Waals surface area contributed by atoms with E-state index >= 15 is 0 Å². The summed E-state index contributed by atoms with van der Waals surface area (Å²) in [6.07, 6.45) is 0.664. The number of rotatable bonds is 5. The number of ether oxygens (including phenoxy) is 1. The molecule has 0 aromatic carbocycles. The van der Waals surface area contributed by atoms with Crippen LogP contribution in [0.25, 0.3) is 0 Å². The minimum absolute atomic E-state index is 0. The molecule has 1 atom stereocenters. The van der Waals surface area contributed by atoms with Crippen molar-refractivity contribution in [3.8, 4) is 0 Å². The first-order valence-electron chi connectivity index (χ1n) is 5.45. The lowest BCUT2D eigenvalue weighted by Gasteiger charge is -2.22. The zero-order chi connectivity index (χ0) is 11.1. The fourth-order valence-electron chi connectivity index (χ4n) is 1.45. The molecule has 0 aliphatic carbocycles. The number of hydrogen-bond acceptors (Lipinski definition) is 4. The summed E-state index contributed by atoms with van der Waals surface area (Å²) in [5.74, 6) is 0.000885. The molecule has 1 fully saturated rings. The van der Waals surface area contributed by atoms with Gasteiger partial charge in [0.2, 0.25) is 5.91 Å². The number of amides is 1. The Morgan fingerprint density at radius 3 is 2.71 bits per heavy atom. The van der Waals surface area contributed by atoms with E-state index < -0.39 is 0 Å². The van der Waals surface area contributed by atoms with Crippen molar-refractivity contribution in [1.29, 1.82) is 0 Å². The van der Waals surface area contributed by atoms with Crippen LogP contribution in [0.4, 0.5) is 0 Å². The van der Waals surface area contributed by atoms with Crippen LogP contribution in [0.1, 0.15) is 6.42 Å². The van der Waals surface area contributed by atoms with Crippen LogP contribution >= 0.6 is 24.8 Å². The lowest BCUT2D eigenvalue weighted by atomic mass is 10.3. The maximum absolute atomic E-state index is 11.6. The zero-order valence-corrected chi connectivity index (χ0v) is 12.0. The largest absolute Gasteiger partial charge is 0.366 e. The second kappa shape index (κ2) is 11.0. The Labute approximate surface area is 115 Å². The lowest BCUT2D eigenvalue weighted by Crippen LogP contribution is -2.48. The minimum Gasteiger partial charge on any atom is -0.366 e. The van der Waals surface area contributed by atoms with Gasteiger partial charge in [-0.3, -0.25) is 4.79 Å². The first-order chi connectivity index (χ1) is 7.20. The number of nitrogens with one attached hydrogen (secondary N) is 2. The van der Waals surface area contributed by atoms with Crippen molar-refractivity contribution in [2.75, 3.05) is 46.9 Å². The predicted octanol–water partition coefficient (Wildman–Crippen LogP) is -0.114. The van der Waals surface area contributed by atoms with Crippen LogP contribution in [-0.4, -0.2) is 63.8 Å². The molecule has 7 heteroatoms. The van der Waals surface area contributed by atoms with E-state index in [1.807, 2.05) is 14.1 Å². The van der Waals surface area contributed by atoms with Crippen molar-refractivity contribution in [2.45, 2.75) is 12.5 Å². The zero-order valence-electron chi connectivity index (χ0n) is 10.4. The summed E-state index contributed by atoms with van der Waals surface area (Å²) in [7, 11) is 4.05. The van der Waals surface area contributed by atoms with Crippen molar-refractivity contribution < 1.29 is 9.53 Å². The molecular formula is C10H23Cl2N3O2. The average Bonchev–Trinajstić information content (AvgIpc) is 2.25. The molecule has 1 rings (SSSR count). The Morgan fingerprint density at radius 1 is 1.47 bits per heavy atom. The summed E-state index contributed by atoms with van der Waals surface area (Å²) in [4.78, 5) is 13.7. The third-order valence-electron chi connectivity index (χ3n) is 2.30. The molecule has 2 N–H and O–H groups in total. The first-order valence-corrected chi connectivity index (χ1v) is 5.45. The highest BCUT2D eigenvalue weighted by molar-refractivity contribution is 5.85. The van der Waals surface area contributed by atoms with Crippen molar-refractivity contribution in [3.63, 3.8) is 0 Å². The van der Waals surface area contributed by atoms with E-state index in [4.69, 9.17) is 4.74 Å². The van der Waals surface area contributed by atoms with Crippen LogP contribution in [0.2, 0.25) is 0 Å². The molecule has 1 unspecified atom stereocenters. The molecule has 1 saturated heterocycles. The Bertz CT molecular complexity index is 200. The maximum atomic E-state index is 11.6. The third-order valence-corrected chi connectivity index (χ3v) is 2.30. The van der Waals surface area contributed by atoms with Gasteiger partial charge in [0.1, 0.15) is 6.10 Å². The molecule has 0 bridgehead atoms. The van der Waals surface area contributed by atoms with E-state index in [-0.39, 0.29) is 36.8 Å². The van der Waals surface area contributed by atoms with Crippen LogP contribution in [0.5, 0.6) is 0 Å². The lowest BCUT2D eigenvalue weighted by molar-refractivity contribution is -0.134. The number of nitrogens with zero attached hydrogens (tertiary/aromatic N) is 1. The van der Waals surface area contributed by atoms with E-state index in [1.165, 1.54) is 0 Å². The fraction of sp³-hybridized carbons (Fsp3) is 0.900. The van der Waals surface area contributed by atoms with Gasteiger partial charge in [-0.25, -0.2) is 0 Å². The van der Waals surface area contributed by atoms with Gasteiger partial charge in [0, 0.05) is 19.6 Å². The van der Waals surface area contributed by atoms with E-state index in [0.29, 0.717) is 13.2 Å². The molecule has 104 valence electrons. The Morgan fingerprint density at radius 2 is 2.18 bits per heavy atom. The summed E-state index contributed by atoms with van der Waals surface area (Å²) >= 11 is 0. The summed E-state index contributed by atoms with van der Waals surface area (Å²) in [6.45, 7) is 3.79. The summed E-state index contributed by atoms with van der Waals surface area (Å²) in [6, 6.07) is 0. The summed E-state index contributed by atoms with van der Waals surface area (Å²) < 4.78 is 5.33. The highest BCUT2D eigenvalue weighted by Crippen LogP contribution is 1.95. The highest BCUT2D eigenvalue weighted by atomic mass is 35.5. The average molecular weight is 288 g/mol. The maximum Gasteiger partial charge on any atom is 0.250 e. The van der Waals surface area contributed by atoms with Gasteiger partial charge < -0.3 is 20.3 Å². The van der Waals surface area contributed by atoms with E-state index in [1.54, 1.807) is 0 Å². The van der Waals surface area contributed by atoms with E-state index in [9.17, 15) is 4.79 Å². The van der Waals surface area contributed by atoms with Crippen LogP contribution in [0.15, 0.2) is 0 Å². The molecule has 0 saturated carbocycles. The molecule has 0 spiro atoms. The smallest absolute Gasteiger partial charge is 0.250 e. The number of carbonyl (C=O) groups excluding carboxylic acids is 1. The first kappa shape index (κ1) is 19.3. The van der Waals surface area contributed by atoms with Crippen LogP contribution in [-0.2, 0) is 9.53 Å². The Hall–Kier alpha value is -0.0700. The molecule has 0 aromatic rings. The molecule has 0 radical (unpaired) electrons. The molecule has 1 aliphatic rings. The van der Waals surface area contributed by atoms with Gasteiger partial charge in [-0.1, -0.05) is 0 Å². The van der Waals surface area contributed by atoms with Crippen molar-refractivity contribution in [2.24, 2.45) is 0 Å². The molecule has 1 amide bonds. The van der Waals surface area contributed by atoms with Crippen LogP contribution < -0.4 is 10.6 Å². The number of hydrogen-bond donors (Lipinski definition) is 2. The minimum atomic E-state index is -0.307. The molecule has 1 heterocycles. The van der Waals surface area contributed by atoms with Crippen molar-refractivity contribution in [1.82, 2.24) is 15.5 Å². The molecule has 1 aliphatic heterocycles. The number of morpholine rings is 1. The summed E-state index contributed by atoms with van der Waals surface area (Å²) in [5.41, 5.74) is 0. The van der Waals surface area contributed by atoms with Gasteiger partial charge in [-0.05, 0) is 27.1 Å². The fourth-order valence-corrected chi connectivity index (χ4v) is 1.45. The molecule has 17 heavy (non-hydrogen) atoms. The van der Waals surface area contributed by atoms with Gasteiger partial charge in [0.15, 0.2) is 0 Å².